The molecule has 3 unspecified atom stereocenters. The van der Waals surface area contributed by atoms with Gasteiger partial charge in [-0.2, -0.15) is 0 Å². The van der Waals surface area contributed by atoms with Gasteiger partial charge in [0.15, 0.2) is 0 Å². The van der Waals surface area contributed by atoms with Gasteiger partial charge in [0.1, 0.15) is 11.5 Å². The summed E-state index contributed by atoms with van der Waals surface area (Å²) in [5.41, 5.74) is 0.747. The Morgan fingerprint density at radius 3 is 2.38 bits per heavy atom. The van der Waals surface area contributed by atoms with E-state index in [2.05, 4.69) is 4.74 Å². The van der Waals surface area contributed by atoms with Crippen molar-refractivity contribution < 1.29 is 22.7 Å². The first kappa shape index (κ1) is 14.4. The summed E-state index contributed by atoms with van der Waals surface area (Å²) >= 11 is 0. The quantitative estimate of drug-likeness (QED) is 0.835. The minimum absolute atomic E-state index is 0.162. The Morgan fingerprint density at radius 1 is 1.14 bits per heavy atom. The Kier molecular flexibility index (Phi) is 3.68. The van der Waals surface area contributed by atoms with Crippen molar-refractivity contribution in [2.45, 2.75) is 38.5 Å². The van der Waals surface area contributed by atoms with Crippen LogP contribution in [0.5, 0.6) is 5.75 Å². The Morgan fingerprint density at radius 2 is 1.86 bits per heavy atom. The largest absolute Gasteiger partial charge is 0.573 e. The minimum Gasteiger partial charge on any atom is -0.406 e. The summed E-state index contributed by atoms with van der Waals surface area (Å²) in [4.78, 5) is 12.3. The van der Waals surface area contributed by atoms with Gasteiger partial charge in [0.05, 0.1) is 0 Å². The molecule has 0 radical (unpaired) electrons. The van der Waals surface area contributed by atoms with Crippen molar-refractivity contribution in [2.75, 3.05) is 0 Å². The highest BCUT2D eigenvalue weighted by atomic mass is 19.4. The number of alkyl halides is 3. The summed E-state index contributed by atoms with van der Waals surface area (Å²) in [6.07, 6.45) is 0.200. The summed E-state index contributed by atoms with van der Waals surface area (Å²) < 4.78 is 40.0. The maximum absolute atomic E-state index is 12.3. The van der Waals surface area contributed by atoms with E-state index in [4.69, 9.17) is 0 Å². The number of ketones is 1. The van der Waals surface area contributed by atoms with Gasteiger partial charge in [0.2, 0.25) is 0 Å². The number of carbonyl (C=O) groups is 1. The number of fused-ring (bicyclic) bond motifs is 2. The molecule has 2 aliphatic carbocycles. The molecule has 2 aliphatic rings. The van der Waals surface area contributed by atoms with Gasteiger partial charge in [-0.25, -0.2) is 0 Å². The van der Waals surface area contributed by atoms with E-state index in [-0.39, 0.29) is 17.5 Å². The van der Waals surface area contributed by atoms with Gasteiger partial charge in [-0.3, -0.25) is 4.79 Å². The van der Waals surface area contributed by atoms with Crippen LogP contribution >= 0.6 is 0 Å². The lowest BCUT2D eigenvalue weighted by atomic mass is 9.83. The number of Topliss-reactive ketones (excluding diaryl/α,β-unsaturated/α-hetero) is 1. The molecule has 0 heterocycles. The predicted octanol–water partition coefficient (Wildman–Crippen LogP) is 4.13. The average molecular weight is 298 g/mol. The van der Waals surface area contributed by atoms with Gasteiger partial charge in [-0.15, -0.1) is 13.2 Å². The Balaban J connectivity index is 1.59. The fourth-order valence-electron chi connectivity index (χ4n) is 3.78. The standard InChI is InChI=1S/C16H17F3O2/c17-16(18,19)21-13-5-2-10(3-6-13)9-15(20)14-8-11-1-4-12(14)7-11/h2-3,5-6,11-12,14H,1,4,7-9H2. The van der Waals surface area contributed by atoms with E-state index in [1.807, 2.05) is 0 Å². The van der Waals surface area contributed by atoms with Crippen LogP contribution < -0.4 is 4.74 Å². The fraction of sp³-hybridized carbons (Fsp3) is 0.562. The highest BCUT2D eigenvalue weighted by Gasteiger charge is 2.42. The first-order chi connectivity index (χ1) is 9.90. The molecule has 0 amide bonds. The second kappa shape index (κ2) is 5.35. The van der Waals surface area contributed by atoms with Gasteiger partial charge < -0.3 is 4.74 Å². The van der Waals surface area contributed by atoms with Crippen molar-refractivity contribution in [2.24, 2.45) is 17.8 Å². The zero-order valence-corrected chi connectivity index (χ0v) is 11.5. The van der Waals surface area contributed by atoms with Crippen LogP contribution in [0.1, 0.15) is 31.2 Å². The molecular weight excluding hydrogens is 281 g/mol. The molecular formula is C16H17F3O2. The number of benzene rings is 1. The molecule has 2 bridgehead atoms. The van der Waals surface area contributed by atoms with E-state index in [9.17, 15) is 18.0 Å². The van der Waals surface area contributed by atoms with Crippen LogP contribution in [0.3, 0.4) is 0 Å². The Labute approximate surface area is 121 Å². The first-order valence-corrected chi connectivity index (χ1v) is 7.28. The van der Waals surface area contributed by atoms with Crippen LogP contribution in [-0.2, 0) is 11.2 Å². The van der Waals surface area contributed by atoms with E-state index in [1.165, 1.54) is 37.1 Å². The van der Waals surface area contributed by atoms with Crippen molar-refractivity contribution in [1.82, 2.24) is 0 Å². The van der Waals surface area contributed by atoms with Crippen LogP contribution in [0.15, 0.2) is 24.3 Å². The first-order valence-electron chi connectivity index (χ1n) is 7.28. The predicted molar refractivity (Wildman–Crippen MR) is 70.8 cm³/mol. The summed E-state index contributed by atoms with van der Waals surface area (Å²) in [7, 11) is 0. The number of carbonyl (C=O) groups excluding carboxylic acids is 1. The summed E-state index contributed by atoms with van der Waals surface area (Å²) in [6.45, 7) is 0. The third-order valence-electron chi connectivity index (χ3n) is 4.69. The third-order valence-corrected chi connectivity index (χ3v) is 4.69. The van der Waals surface area contributed by atoms with Crippen LogP contribution in [0, 0.1) is 17.8 Å². The number of halogens is 3. The van der Waals surface area contributed by atoms with Crippen LogP contribution in [0.4, 0.5) is 13.2 Å². The maximum atomic E-state index is 12.3. The molecule has 0 spiro atoms. The zero-order chi connectivity index (χ0) is 15.0. The smallest absolute Gasteiger partial charge is 0.406 e. The number of rotatable bonds is 4. The molecule has 0 N–H and O–H groups in total. The molecule has 3 rings (SSSR count). The van der Waals surface area contributed by atoms with Gasteiger partial charge in [0, 0.05) is 12.3 Å². The van der Waals surface area contributed by atoms with E-state index in [0.717, 1.165) is 18.4 Å². The maximum Gasteiger partial charge on any atom is 0.573 e. The number of hydrogen-bond donors (Lipinski definition) is 0. The third kappa shape index (κ3) is 3.39. The Bertz CT molecular complexity index is 521. The van der Waals surface area contributed by atoms with E-state index in [1.54, 1.807) is 0 Å². The van der Waals surface area contributed by atoms with Gasteiger partial charge in [-0.05, 0) is 48.8 Å². The molecule has 3 atom stereocenters. The van der Waals surface area contributed by atoms with Gasteiger partial charge >= 0.3 is 6.36 Å². The molecule has 0 saturated heterocycles. The topological polar surface area (TPSA) is 26.3 Å². The lowest BCUT2D eigenvalue weighted by Gasteiger charge is -2.20. The second-order valence-corrected chi connectivity index (χ2v) is 6.12. The molecule has 114 valence electrons. The SMILES string of the molecule is O=C(Cc1ccc(OC(F)(F)F)cc1)C1CC2CCC1C2. The van der Waals surface area contributed by atoms with Crippen LogP contribution in [0.2, 0.25) is 0 Å². The fourth-order valence-corrected chi connectivity index (χ4v) is 3.78. The van der Waals surface area contributed by atoms with E-state index in [0.29, 0.717) is 18.3 Å². The highest BCUT2D eigenvalue weighted by Crippen LogP contribution is 2.48. The van der Waals surface area contributed by atoms with E-state index < -0.39 is 6.36 Å². The summed E-state index contributed by atoms with van der Waals surface area (Å²) in [5, 5.41) is 0. The molecule has 0 aliphatic heterocycles. The van der Waals surface area contributed by atoms with Crippen molar-refractivity contribution >= 4 is 5.78 Å². The van der Waals surface area contributed by atoms with Crippen molar-refractivity contribution in [3.8, 4) is 5.75 Å². The average Bonchev–Trinajstić information content (AvgIpc) is 3.01. The lowest BCUT2D eigenvalue weighted by Crippen LogP contribution is -2.22. The summed E-state index contributed by atoms with van der Waals surface area (Å²) in [6, 6.07) is 5.59. The van der Waals surface area contributed by atoms with Gasteiger partial charge in [-0.1, -0.05) is 18.6 Å². The van der Waals surface area contributed by atoms with Crippen LogP contribution in [0.25, 0.3) is 0 Å². The highest BCUT2D eigenvalue weighted by molar-refractivity contribution is 5.84. The van der Waals surface area contributed by atoms with Crippen molar-refractivity contribution in [1.29, 1.82) is 0 Å². The second-order valence-electron chi connectivity index (χ2n) is 6.12. The van der Waals surface area contributed by atoms with Gasteiger partial charge in [0.25, 0.3) is 0 Å². The number of ether oxygens (including phenoxy) is 1. The molecule has 1 aromatic carbocycles. The van der Waals surface area contributed by atoms with Crippen molar-refractivity contribution in [3.63, 3.8) is 0 Å². The van der Waals surface area contributed by atoms with Crippen LogP contribution in [-0.4, -0.2) is 12.1 Å². The zero-order valence-electron chi connectivity index (χ0n) is 11.5. The number of hydrogen-bond acceptors (Lipinski definition) is 2. The molecule has 0 aromatic heterocycles. The molecule has 5 heteroatoms. The minimum atomic E-state index is -4.68. The Hall–Kier alpha value is -1.52. The molecule has 2 nitrogen and oxygen atoms in total. The van der Waals surface area contributed by atoms with E-state index >= 15 is 0 Å². The summed E-state index contributed by atoms with van der Waals surface area (Å²) in [5.74, 6) is 1.39. The van der Waals surface area contributed by atoms with Crippen molar-refractivity contribution in [3.05, 3.63) is 29.8 Å². The lowest BCUT2D eigenvalue weighted by molar-refractivity contribution is -0.274. The molecule has 1 aromatic rings. The molecule has 21 heavy (non-hydrogen) atoms. The molecule has 2 saturated carbocycles. The monoisotopic (exact) mass is 298 g/mol. The normalized spacial score (nSPS) is 27.9. The molecule has 2 fully saturated rings.